The van der Waals surface area contributed by atoms with E-state index in [1.165, 1.54) is 7.11 Å². The molecule has 174 valence electrons. The smallest absolute Gasteiger partial charge is 0.316 e. The Labute approximate surface area is 194 Å². The van der Waals surface area contributed by atoms with Crippen molar-refractivity contribution >= 4 is 23.1 Å². The van der Waals surface area contributed by atoms with E-state index in [2.05, 4.69) is 10.6 Å². The molecule has 2 aliphatic rings. The van der Waals surface area contributed by atoms with E-state index >= 15 is 0 Å². The van der Waals surface area contributed by atoms with Crippen LogP contribution in [0.5, 0.6) is 11.5 Å². The number of benzene rings is 2. The summed E-state index contributed by atoms with van der Waals surface area (Å²) in [6.45, 7) is 4.45. The van der Waals surface area contributed by atoms with Gasteiger partial charge in [0, 0.05) is 16.8 Å². The lowest BCUT2D eigenvalue weighted by Crippen LogP contribution is -2.39. The Morgan fingerprint density at radius 2 is 1.85 bits per heavy atom. The number of Topliss-reactive ketones (excluding diaryl/α,β-unsaturated/α-hetero) is 1. The number of carbonyl (C=O) groups excluding carboxylic acids is 2. The topological polar surface area (TPSA) is 85.9 Å². The molecule has 7 nitrogen and oxygen atoms in total. The number of ketones is 1. The third-order valence-corrected chi connectivity index (χ3v) is 6.22. The van der Waals surface area contributed by atoms with E-state index in [0.29, 0.717) is 30.1 Å². The Kier molecular flexibility index (Phi) is 6.58. The van der Waals surface area contributed by atoms with E-state index in [4.69, 9.17) is 14.2 Å². The molecule has 0 bridgehead atoms. The zero-order chi connectivity index (χ0) is 23.5. The molecule has 2 N–H and O–H groups in total. The molecule has 0 radical (unpaired) electrons. The van der Waals surface area contributed by atoms with Crippen molar-refractivity contribution in [2.24, 2.45) is 11.8 Å². The summed E-state index contributed by atoms with van der Waals surface area (Å²) in [5.74, 6) is -0.608. The lowest BCUT2D eigenvalue weighted by Gasteiger charge is -2.33. The van der Waals surface area contributed by atoms with Crippen molar-refractivity contribution in [2.45, 2.75) is 32.7 Å². The van der Waals surface area contributed by atoms with Crippen molar-refractivity contribution in [3.05, 3.63) is 59.3 Å². The number of anilines is 2. The van der Waals surface area contributed by atoms with E-state index in [0.717, 1.165) is 29.1 Å². The van der Waals surface area contributed by atoms with Crippen LogP contribution in [0.4, 0.5) is 11.4 Å². The van der Waals surface area contributed by atoms with Crippen LogP contribution in [0.25, 0.3) is 0 Å². The molecule has 0 aromatic heterocycles. The van der Waals surface area contributed by atoms with Crippen LogP contribution in [0.3, 0.4) is 0 Å². The summed E-state index contributed by atoms with van der Waals surface area (Å²) in [4.78, 5) is 26.4. The average molecular weight is 451 g/mol. The van der Waals surface area contributed by atoms with Crippen molar-refractivity contribution in [1.29, 1.82) is 0 Å². The van der Waals surface area contributed by atoms with Gasteiger partial charge in [-0.2, -0.15) is 0 Å². The van der Waals surface area contributed by atoms with Crippen molar-refractivity contribution in [2.75, 3.05) is 31.5 Å². The van der Waals surface area contributed by atoms with Gasteiger partial charge in [-0.3, -0.25) is 9.59 Å². The summed E-state index contributed by atoms with van der Waals surface area (Å²) in [6, 6.07) is 12.9. The second kappa shape index (κ2) is 9.57. The summed E-state index contributed by atoms with van der Waals surface area (Å²) < 4.78 is 16.7. The average Bonchev–Trinajstić information content (AvgIpc) is 2.98. The van der Waals surface area contributed by atoms with Crippen LogP contribution < -0.4 is 20.1 Å². The van der Waals surface area contributed by atoms with Crippen LogP contribution in [0, 0.1) is 11.8 Å². The van der Waals surface area contributed by atoms with Gasteiger partial charge in [0.25, 0.3) is 0 Å². The highest BCUT2D eigenvalue weighted by Crippen LogP contribution is 2.47. The van der Waals surface area contributed by atoms with Crippen LogP contribution in [-0.4, -0.2) is 32.6 Å². The van der Waals surface area contributed by atoms with Crippen molar-refractivity contribution in [1.82, 2.24) is 0 Å². The molecule has 3 atom stereocenters. The Morgan fingerprint density at radius 1 is 1.09 bits per heavy atom. The predicted molar refractivity (Wildman–Crippen MR) is 127 cm³/mol. The number of carbonyl (C=O) groups is 2. The zero-order valence-electron chi connectivity index (χ0n) is 19.4. The van der Waals surface area contributed by atoms with Crippen LogP contribution in [0.15, 0.2) is 53.7 Å². The molecule has 7 heteroatoms. The molecule has 1 aliphatic carbocycles. The zero-order valence-corrected chi connectivity index (χ0v) is 19.4. The van der Waals surface area contributed by atoms with Gasteiger partial charge in [-0.15, -0.1) is 0 Å². The molecule has 1 heterocycles. The summed E-state index contributed by atoms with van der Waals surface area (Å²) in [5.41, 5.74) is 3.84. The summed E-state index contributed by atoms with van der Waals surface area (Å²) in [5, 5.41) is 7.00. The summed E-state index contributed by atoms with van der Waals surface area (Å²) in [6.07, 6.45) is 1.37. The van der Waals surface area contributed by atoms with Crippen molar-refractivity contribution < 1.29 is 23.8 Å². The normalized spacial score (nSPS) is 21.7. The van der Waals surface area contributed by atoms with E-state index in [-0.39, 0.29) is 11.7 Å². The number of fused-ring (bicyclic) bond motifs is 1. The molecule has 1 aliphatic heterocycles. The largest absolute Gasteiger partial charge is 0.493 e. The van der Waals surface area contributed by atoms with Gasteiger partial charge in [-0.05, 0) is 37.0 Å². The lowest BCUT2D eigenvalue weighted by atomic mass is 9.74. The molecular weight excluding hydrogens is 420 g/mol. The predicted octanol–water partition coefficient (Wildman–Crippen LogP) is 4.71. The number of methoxy groups -OCH3 is 2. The molecule has 0 saturated carbocycles. The van der Waals surface area contributed by atoms with Gasteiger partial charge >= 0.3 is 5.97 Å². The van der Waals surface area contributed by atoms with Gasteiger partial charge in [0.05, 0.1) is 38.2 Å². The summed E-state index contributed by atoms with van der Waals surface area (Å²) >= 11 is 0. The minimum atomic E-state index is -0.855. The number of hydrogen-bond donors (Lipinski definition) is 2. The first-order valence-electron chi connectivity index (χ1n) is 11.3. The second-order valence-electron chi connectivity index (χ2n) is 8.41. The molecule has 4 rings (SSSR count). The molecule has 33 heavy (non-hydrogen) atoms. The molecule has 3 unspecified atom stereocenters. The van der Waals surface area contributed by atoms with Gasteiger partial charge in [0.1, 0.15) is 5.92 Å². The maximum absolute atomic E-state index is 13.8. The molecule has 2 aromatic rings. The quantitative estimate of drug-likeness (QED) is 0.487. The van der Waals surface area contributed by atoms with Gasteiger partial charge in [0.15, 0.2) is 17.3 Å². The maximum atomic E-state index is 13.8. The minimum Gasteiger partial charge on any atom is -0.493 e. The first kappa shape index (κ1) is 22.7. The monoisotopic (exact) mass is 450 g/mol. The number of para-hydroxylation sites is 3. The van der Waals surface area contributed by atoms with Crippen LogP contribution >= 0.6 is 0 Å². The standard InChI is InChI=1S/C26H30N2O5/c1-5-13-33-25-16(9-8-12-20(25)31-3)23-22-19(27-17-10-6-7-11-18(17)28-23)14-15(2)21(24(22)29)26(30)32-4/h6-12,15,21,23,27-28H,5,13-14H2,1-4H3. The van der Waals surface area contributed by atoms with Crippen molar-refractivity contribution in [3.8, 4) is 11.5 Å². The van der Waals surface area contributed by atoms with Crippen molar-refractivity contribution in [3.63, 3.8) is 0 Å². The Balaban J connectivity index is 1.91. The highest BCUT2D eigenvalue weighted by Gasteiger charge is 2.45. The maximum Gasteiger partial charge on any atom is 0.316 e. The number of ether oxygens (including phenoxy) is 3. The first-order chi connectivity index (χ1) is 16.0. The molecule has 0 amide bonds. The number of rotatable bonds is 6. The second-order valence-corrected chi connectivity index (χ2v) is 8.41. The Bertz CT molecular complexity index is 1090. The van der Waals surface area contributed by atoms with E-state index in [9.17, 15) is 9.59 Å². The van der Waals surface area contributed by atoms with Gasteiger partial charge < -0.3 is 24.8 Å². The van der Waals surface area contributed by atoms with Crippen LogP contribution in [0.1, 0.15) is 38.3 Å². The van der Waals surface area contributed by atoms with E-state index < -0.39 is 17.9 Å². The van der Waals surface area contributed by atoms with E-state index in [1.807, 2.05) is 56.3 Å². The third kappa shape index (κ3) is 4.15. The van der Waals surface area contributed by atoms with Gasteiger partial charge in [-0.1, -0.05) is 38.1 Å². The third-order valence-electron chi connectivity index (χ3n) is 6.22. The highest BCUT2D eigenvalue weighted by molar-refractivity contribution is 6.11. The van der Waals surface area contributed by atoms with Gasteiger partial charge in [0.2, 0.25) is 0 Å². The first-order valence-corrected chi connectivity index (χ1v) is 11.3. The van der Waals surface area contributed by atoms with Crippen LogP contribution in [-0.2, 0) is 14.3 Å². The number of allylic oxidation sites excluding steroid dienone is 1. The number of esters is 1. The fourth-order valence-corrected chi connectivity index (χ4v) is 4.65. The fraction of sp³-hybridized carbons (Fsp3) is 0.385. The summed E-state index contributed by atoms with van der Waals surface area (Å²) in [7, 11) is 2.92. The molecule has 0 spiro atoms. The molecule has 2 aromatic carbocycles. The lowest BCUT2D eigenvalue weighted by molar-refractivity contribution is -0.151. The van der Waals surface area contributed by atoms with Crippen LogP contribution in [0.2, 0.25) is 0 Å². The highest BCUT2D eigenvalue weighted by atomic mass is 16.5. The molecule has 0 fully saturated rings. The Morgan fingerprint density at radius 3 is 2.55 bits per heavy atom. The number of nitrogens with one attached hydrogen (secondary N) is 2. The van der Waals surface area contributed by atoms with E-state index in [1.54, 1.807) is 7.11 Å². The molecular formula is C26H30N2O5. The SMILES string of the molecule is CCCOc1c(OC)cccc1C1Nc2ccccc2NC2=C1C(=O)C(C(=O)OC)C(C)C2. The van der Waals surface area contributed by atoms with Gasteiger partial charge in [-0.25, -0.2) is 0 Å². The Hall–Kier alpha value is -3.48. The number of hydrogen-bond acceptors (Lipinski definition) is 7. The minimum absolute atomic E-state index is 0.191. The fourth-order valence-electron chi connectivity index (χ4n) is 4.65. The molecule has 0 saturated heterocycles.